The van der Waals surface area contributed by atoms with Crippen LogP contribution < -0.4 is 5.32 Å². The predicted molar refractivity (Wildman–Crippen MR) is 69.0 cm³/mol. The summed E-state index contributed by atoms with van der Waals surface area (Å²) in [5, 5.41) is 3.27. The van der Waals surface area contributed by atoms with Gasteiger partial charge in [0.2, 0.25) is 0 Å². The van der Waals surface area contributed by atoms with E-state index in [9.17, 15) is 0 Å². The lowest BCUT2D eigenvalue weighted by molar-refractivity contribution is 0.481. The molecular weight excluding hydrogens is 228 g/mol. The number of nitrogens with one attached hydrogen (secondary N) is 1. The first-order chi connectivity index (χ1) is 8.81. The van der Waals surface area contributed by atoms with Gasteiger partial charge in [0.05, 0.1) is 30.3 Å². The summed E-state index contributed by atoms with van der Waals surface area (Å²) in [7, 11) is 0. The van der Waals surface area contributed by atoms with E-state index in [0.29, 0.717) is 12.4 Å². The fraction of sp³-hybridized carbons (Fsp3) is 0.308. The van der Waals surface area contributed by atoms with Crippen LogP contribution in [0.25, 0.3) is 0 Å². The molecule has 18 heavy (non-hydrogen) atoms. The normalized spacial score (nSPS) is 13.4. The van der Waals surface area contributed by atoms with E-state index in [1.165, 1.54) is 0 Å². The summed E-state index contributed by atoms with van der Waals surface area (Å²) in [5.41, 5.74) is 3.18. The van der Waals surface area contributed by atoms with Gasteiger partial charge in [-0.2, -0.15) is 0 Å². The molecule has 0 saturated carbocycles. The van der Waals surface area contributed by atoms with Gasteiger partial charge in [-0.3, -0.25) is 9.98 Å². The first kappa shape index (κ1) is 11.0. The highest BCUT2D eigenvalue weighted by atomic mass is 16.4. The van der Waals surface area contributed by atoms with Crippen LogP contribution in [-0.4, -0.2) is 22.7 Å². The van der Waals surface area contributed by atoms with E-state index < -0.39 is 0 Å². The van der Waals surface area contributed by atoms with Crippen LogP contribution in [0.2, 0.25) is 0 Å². The van der Waals surface area contributed by atoms with Crippen LogP contribution in [-0.2, 0) is 13.0 Å². The van der Waals surface area contributed by atoms with Gasteiger partial charge in [0, 0.05) is 31.7 Å². The van der Waals surface area contributed by atoms with E-state index in [1.54, 1.807) is 6.20 Å². The second kappa shape index (κ2) is 4.60. The summed E-state index contributed by atoms with van der Waals surface area (Å²) >= 11 is 0. The van der Waals surface area contributed by atoms with Gasteiger partial charge in [0.1, 0.15) is 5.76 Å². The molecule has 0 saturated heterocycles. The second-order valence-corrected chi connectivity index (χ2v) is 4.24. The average molecular weight is 242 g/mol. The van der Waals surface area contributed by atoms with Crippen LogP contribution in [0.5, 0.6) is 0 Å². The molecule has 3 rings (SSSR count). The van der Waals surface area contributed by atoms with Crippen molar-refractivity contribution in [3.63, 3.8) is 0 Å². The molecule has 0 radical (unpaired) electrons. The van der Waals surface area contributed by atoms with E-state index in [4.69, 9.17) is 4.42 Å². The Kier molecular flexibility index (Phi) is 2.80. The molecule has 3 heterocycles. The number of aliphatic imine (C=N–C) groups is 1. The van der Waals surface area contributed by atoms with Gasteiger partial charge >= 0.3 is 0 Å². The summed E-state index contributed by atoms with van der Waals surface area (Å²) < 4.78 is 5.40. The number of hydrogen-bond donors (Lipinski definition) is 1. The fourth-order valence-corrected chi connectivity index (χ4v) is 1.94. The molecule has 5 heteroatoms. The number of rotatable bonds is 3. The molecule has 92 valence electrons. The molecule has 0 bridgehead atoms. The Morgan fingerprint density at radius 3 is 3.11 bits per heavy atom. The molecule has 1 N–H and O–H groups in total. The molecular formula is C13H14N4O. The van der Waals surface area contributed by atoms with Crippen molar-refractivity contribution in [2.24, 2.45) is 4.99 Å². The van der Waals surface area contributed by atoms with E-state index in [2.05, 4.69) is 26.3 Å². The topological polar surface area (TPSA) is 63.3 Å². The van der Waals surface area contributed by atoms with Crippen LogP contribution in [0.3, 0.4) is 0 Å². The molecule has 2 aromatic heterocycles. The molecule has 0 spiro atoms. The number of pyridine rings is 1. The van der Waals surface area contributed by atoms with Gasteiger partial charge in [-0.15, -0.1) is 0 Å². The van der Waals surface area contributed by atoms with Gasteiger partial charge in [-0.1, -0.05) is 0 Å². The Balaban J connectivity index is 1.72. The third-order valence-corrected chi connectivity index (χ3v) is 2.85. The summed E-state index contributed by atoms with van der Waals surface area (Å²) in [6, 6.07) is 2.06. The van der Waals surface area contributed by atoms with Gasteiger partial charge in [-0.25, -0.2) is 4.98 Å². The Bertz CT molecular complexity index is 588. The quantitative estimate of drug-likeness (QED) is 0.893. The van der Waals surface area contributed by atoms with Crippen molar-refractivity contribution >= 4 is 11.9 Å². The SMILES string of the molecule is Cc1ncc(CNc2cnc3c(c2)C=NCC3)o1. The molecule has 0 unspecified atom stereocenters. The van der Waals surface area contributed by atoms with Crippen LogP contribution >= 0.6 is 0 Å². The van der Waals surface area contributed by atoms with Crippen molar-refractivity contribution in [3.05, 3.63) is 41.4 Å². The Morgan fingerprint density at radius 1 is 1.33 bits per heavy atom. The number of fused-ring (bicyclic) bond motifs is 1. The minimum absolute atomic E-state index is 0.610. The summed E-state index contributed by atoms with van der Waals surface area (Å²) in [4.78, 5) is 12.8. The van der Waals surface area contributed by atoms with Gasteiger partial charge in [0.25, 0.3) is 0 Å². The molecule has 5 nitrogen and oxygen atoms in total. The smallest absolute Gasteiger partial charge is 0.191 e. The Hall–Kier alpha value is -2.17. The number of hydrogen-bond acceptors (Lipinski definition) is 5. The van der Waals surface area contributed by atoms with E-state index in [0.717, 1.165) is 35.7 Å². The minimum Gasteiger partial charge on any atom is -0.444 e. The van der Waals surface area contributed by atoms with Crippen molar-refractivity contribution in [1.82, 2.24) is 9.97 Å². The number of nitrogens with zero attached hydrogens (tertiary/aromatic N) is 3. The van der Waals surface area contributed by atoms with Crippen LogP contribution in [0.1, 0.15) is 22.9 Å². The maximum Gasteiger partial charge on any atom is 0.191 e. The first-order valence-electron chi connectivity index (χ1n) is 5.95. The van der Waals surface area contributed by atoms with Crippen molar-refractivity contribution in [3.8, 4) is 0 Å². The van der Waals surface area contributed by atoms with Gasteiger partial charge in [-0.05, 0) is 6.07 Å². The molecule has 2 aromatic rings. The molecule has 0 amide bonds. The average Bonchev–Trinajstić information content (AvgIpc) is 2.82. The summed E-state index contributed by atoms with van der Waals surface area (Å²) in [6.07, 6.45) is 6.39. The lowest BCUT2D eigenvalue weighted by Crippen LogP contribution is -2.07. The monoisotopic (exact) mass is 242 g/mol. The zero-order valence-corrected chi connectivity index (χ0v) is 10.2. The zero-order valence-electron chi connectivity index (χ0n) is 10.2. The number of anilines is 1. The van der Waals surface area contributed by atoms with E-state index in [-0.39, 0.29) is 0 Å². The number of aryl methyl sites for hydroxylation is 1. The molecule has 0 fully saturated rings. The number of aromatic nitrogens is 2. The highest BCUT2D eigenvalue weighted by molar-refractivity contribution is 5.83. The molecule has 1 aliphatic rings. The summed E-state index contributed by atoms with van der Waals surface area (Å²) in [6.45, 7) is 3.28. The first-order valence-corrected chi connectivity index (χ1v) is 5.95. The maximum absolute atomic E-state index is 5.40. The third-order valence-electron chi connectivity index (χ3n) is 2.85. The van der Waals surface area contributed by atoms with Crippen molar-refractivity contribution in [1.29, 1.82) is 0 Å². The molecule has 0 atom stereocenters. The van der Waals surface area contributed by atoms with Crippen LogP contribution in [0.4, 0.5) is 5.69 Å². The summed E-state index contributed by atoms with van der Waals surface area (Å²) in [5.74, 6) is 1.50. The van der Waals surface area contributed by atoms with Crippen LogP contribution in [0, 0.1) is 6.92 Å². The molecule has 0 aliphatic carbocycles. The Labute approximate surface area is 105 Å². The van der Waals surface area contributed by atoms with Crippen molar-refractivity contribution in [2.45, 2.75) is 19.9 Å². The van der Waals surface area contributed by atoms with Crippen molar-refractivity contribution < 1.29 is 4.42 Å². The lowest BCUT2D eigenvalue weighted by Gasteiger charge is -2.11. The fourth-order valence-electron chi connectivity index (χ4n) is 1.94. The molecule has 1 aliphatic heterocycles. The predicted octanol–water partition coefficient (Wildman–Crippen LogP) is 1.97. The number of oxazole rings is 1. The van der Waals surface area contributed by atoms with Crippen molar-refractivity contribution in [2.75, 3.05) is 11.9 Å². The highest BCUT2D eigenvalue weighted by Gasteiger charge is 2.07. The lowest BCUT2D eigenvalue weighted by atomic mass is 10.1. The Morgan fingerprint density at radius 2 is 2.28 bits per heavy atom. The van der Waals surface area contributed by atoms with Gasteiger partial charge < -0.3 is 9.73 Å². The maximum atomic E-state index is 5.40. The van der Waals surface area contributed by atoms with Crippen LogP contribution in [0.15, 0.2) is 27.9 Å². The zero-order chi connectivity index (χ0) is 12.4. The minimum atomic E-state index is 0.610. The van der Waals surface area contributed by atoms with E-state index in [1.807, 2.05) is 19.3 Å². The standard InChI is InChI=1S/C13H14N4O/c1-9-15-7-12(18-9)8-16-11-4-10-5-14-3-2-13(10)17-6-11/h4-7,16H,2-3,8H2,1H3. The van der Waals surface area contributed by atoms with E-state index >= 15 is 0 Å². The largest absolute Gasteiger partial charge is 0.444 e. The third kappa shape index (κ3) is 2.25. The molecule has 0 aromatic carbocycles. The second-order valence-electron chi connectivity index (χ2n) is 4.24. The van der Waals surface area contributed by atoms with Gasteiger partial charge in [0.15, 0.2) is 5.89 Å². The highest BCUT2D eigenvalue weighted by Crippen LogP contribution is 2.15.